The number of anilines is 2. The zero-order valence-electron chi connectivity index (χ0n) is 17.9. The van der Waals surface area contributed by atoms with E-state index in [9.17, 15) is 0 Å². The van der Waals surface area contributed by atoms with Gasteiger partial charge in [0.05, 0.1) is 26.0 Å². The lowest BCUT2D eigenvalue weighted by atomic mass is 10.1. The van der Waals surface area contributed by atoms with Crippen molar-refractivity contribution in [2.75, 3.05) is 43.6 Å². The predicted molar refractivity (Wildman–Crippen MR) is 125 cm³/mol. The van der Waals surface area contributed by atoms with Crippen LogP contribution in [0, 0.1) is 13.8 Å². The van der Waals surface area contributed by atoms with Crippen LogP contribution in [-0.4, -0.2) is 56.5 Å². The fraction of sp³-hybridized carbons (Fsp3) is 0.364. The second-order valence-electron chi connectivity index (χ2n) is 7.50. The molecule has 4 rings (SSSR count). The lowest BCUT2D eigenvalue weighted by Gasteiger charge is -2.41. The number of hydrogen-bond donors (Lipinski definition) is 2. The van der Waals surface area contributed by atoms with Crippen molar-refractivity contribution in [2.45, 2.75) is 20.1 Å². The highest BCUT2D eigenvalue weighted by Gasteiger charge is 2.32. The van der Waals surface area contributed by atoms with Crippen LogP contribution in [0.1, 0.15) is 11.1 Å². The third-order valence-electron chi connectivity index (χ3n) is 5.44. The van der Waals surface area contributed by atoms with Gasteiger partial charge in [0.25, 0.3) is 0 Å². The molecule has 2 aliphatic heterocycles. The molecule has 2 aliphatic rings. The van der Waals surface area contributed by atoms with Gasteiger partial charge in [0, 0.05) is 23.8 Å². The van der Waals surface area contributed by atoms with Gasteiger partial charge < -0.3 is 25.4 Å². The number of hydrogen-bond acceptors (Lipinski definition) is 8. The molecule has 0 spiro atoms. The van der Waals surface area contributed by atoms with Crippen LogP contribution in [0.25, 0.3) is 0 Å². The highest BCUT2D eigenvalue weighted by molar-refractivity contribution is 6.31. The summed E-state index contributed by atoms with van der Waals surface area (Å²) in [5.41, 5.74) is 10.2. The van der Waals surface area contributed by atoms with E-state index in [4.69, 9.17) is 26.8 Å². The van der Waals surface area contributed by atoms with Crippen LogP contribution in [0.4, 0.5) is 11.4 Å². The van der Waals surface area contributed by atoms with E-state index in [1.165, 1.54) is 11.1 Å². The van der Waals surface area contributed by atoms with Crippen molar-refractivity contribution >= 4 is 34.9 Å². The molecule has 0 saturated carbocycles. The third kappa shape index (κ3) is 4.55. The molecule has 0 aromatic heterocycles. The van der Waals surface area contributed by atoms with E-state index in [1.54, 1.807) is 13.2 Å². The number of benzene rings is 2. The van der Waals surface area contributed by atoms with E-state index in [1.807, 2.05) is 12.1 Å². The fourth-order valence-corrected chi connectivity index (χ4v) is 3.80. The van der Waals surface area contributed by atoms with Gasteiger partial charge >= 0.3 is 0 Å². The highest BCUT2D eigenvalue weighted by Crippen LogP contribution is 2.31. The summed E-state index contributed by atoms with van der Waals surface area (Å²) in [4.78, 5) is 13.4. The summed E-state index contributed by atoms with van der Waals surface area (Å²) in [6.45, 7) is 6.90. The smallest absolute Gasteiger partial charge is 0.222 e. The Morgan fingerprint density at radius 1 is 1.13 bits per heavy atom. The molecule has 1 unspecified atom stereocenters. The zero-order valence-corrected chi connectivity index (χ0v) is 18.7. The van der Waals surface area contributed by atoms with Crippen LogP contribution in [0.5, 0.6) is 5.75 Å². The van der Waals surface area contributed by atoms with Crippen LogP contribution in [0.3, 0.4) is 0 Å². The number of aryl methyl sites for hydroxylation is 2. The number of nitrogens with two attached hydrogens (primary N) is 1. The number of morpholine rings is 1. The summed E-state index contributed by atoms with van der Waals surface area (Å²) in [5.74, 6) is 1.60. The summed E-state index contributed by atoms with van der Waals surface area (Å²) in [7, 11) is 1.62. The van der Waals surface area contributed by atoms with Gasteiger partial charge in [0.15, 0.2) is 0 Å². The van der Waals surface area contributed by atoms with Crippen LogP contribution >= 0.6 is 11.6 Å². The molecule has 2 aromatic carbocycles. The number of nitrogens with zero attached hydrogens (tertiary/aromatic N) is 4. The van der Waals surface area contributed by atoms with E-state index in [0.29, 0.717) is 29.7 Å². The van der Waals surface area contributed by atoms with E-state index < -0.39 is 6.29 Å². The Morgan fingerprint density at radius 3 is 2.61 bits per heavy atom. The number of ether oxygens (including phenoxy) is 2. The monoisotopic (exact) mass is 442 g/mol. The Balaban J connectivity index is 1.77. The standard InChI is InChI=1S/C22H27ClN6O2/c1-14-4-6-17(12-15(14)2)29-21(25-18-13-16(23)5-7-19(18)30-3)26-20(24)27-22(29)28-8-10-31-11-9-28/h4-7,12-13,21,25H,8-11H2,1-3H3,(H2,24,26). The van der Waals surface area contributed by atoms with Crippen molar-refractivity contribution in [3.8, 4) is 5.75 Å². The fourth-order valence-electron chi connectivity index (χ4n) is 3.63. The number of guanidine groups is 2. The molecule has 0 aliphatic carbocycles. The Hall–Kier alpha value is -2.97. The van der Waals surface area contributed by atoms with Gasteiger partial charge in [-0.15, -0.1) is 0 Å². The molecule has 1 atom stereocenters. The number of methoxy groups -OCH3 is 1. The normalized spacial score (nSPS) is 19.0. The molecular formula is C22H27ClN6O2. The quantitative estimate of drug-likeness (QED) is 0.756. The minimum atomic E-state index is -0.537. The number of halogens is 1. The Kier molecular flexibility index (Phi) is 6.20. The first-order valence-electron chi connectivity index (χ1n) is 10.2. The lowest BCUT2D eigenvalue weighted by Crippen LogP contribution is -2.57. The predicted octanol–water partition coefficient (Wildman–Crippen LogP) is 3.18. The summed E-state index contributed by atoms with van der Waals surface area (Å²) >= 11 is 6.25. The maximum Gasteiger partial charge on any atom is 0.222 e. The average Bonchev–Trinajstić information content (AvgIpc) is 2.76. The number of rotatable bonds is 4. The maximum absolute atomic E-state index is 6.25. The van der Waals surface area contributed by atoms with E-state index in [2.05, 4.69) is 57.1 Å². The molecule has 164 valence electrons. The van der Waals surface area contributed by atoms with Crippen molar-refractivity contribution < 1.29 is 9.47 Å². The van der Waals surface area contributed by atoms with Crippen LogP contribution in [0.15, 0.2) is 46.4 Å². The van der Waals surface area contributed by atoms with Gasteiger partial charge in [-0.3, -0.25) is 4.90 Å². The summed E-state index contributed by atoms with van der Waals surface area (Å²) < 4.78 is 11.0. The first-order chi connectivity index (χ1) is 15.0. The summed E-state index contributed by atoms with van der Waals surface area (Å²) in [6.07, 6.45) is -0.537. The molecular weight excluding hydrogens is 416 g/mol. The molecule has 31 heavy (non-hydrogen) atoms. The van der Waals surface area contributed by atoms with E-state index in [-0.39, 0.29) is 5.96 Å². The number of aliphatic imine (C=N–C) groups is 2. The van der Waals surface area contributed by atoms with Gasteiger partial charge in [-0.25, -0.2) is 4.99 Å². The Morgan fingerprint density at radius 2 is 1.90 bits per heavy atom. The molecule has 0 amide bonds. The number of nitrogens with one attached hydrogen (secondary N) is 1. The molecule has 9 heteroatoms. The van der Waals surface area contributed by atoms with Crippen molar-refractivity contribution in [3.05, 3.63) is 52.5 Å². The molecule has 8 nitrogen and oxygen atoms in total. The van der Waals surface area contributed by atoms with Crippen molar-refractivity contribution in [3.63, 3.8) is 0 Å². The molecule has 1 fully saturated rings. The molecule has 2 heterocycles. The lowest BCUT2D eigenvalue weighted by molar-refractivity contribution is 0.0671. The van der Waals surface area contributed by atoms with Crippen LogP contribution in [-0.2, 0) is 4.74 Å². The first-order valence-corrected chi connectivity index (χ1v) is 10.6. The zero-order chi connectivity index (χ0) is 22.0. The van der Waals surface area contributed by atoms with Crippen molar-refractivity contribution in [2.24, 2.45) is 15.7 Å². The largest absolute Gasteiger partial charge is 0.495 e. The summed E-state index contributed by atoms with van der Waals surface area (Å²) in [6, 6.07) is 11.7. The summed E-state index contributed by atoms with van der Waals surface area (Å²) in [5, 5.41) is 4.03. The van der Waals surface area contributed by atoms with Gasteiger partial charge in [0.2, 0.25) is 18.2 Å². The van der Waals surface area contributed by atoms with Gasteiger partial charge in [-0.1, -0.05) is 17.7 Å². The van der Waals surface area contributed by atoms with Gasteiger partial charge in [-0.2, -0.15) is 4.99 Å². The van der Waals surface area contributed by atoms with Crippen molar-refractivity contribution in [1.29, 1.82) is 0 Å². The minimum Gasteiger partial charge on any atom is -0.495 e. The second-order valence-corrected chi connectivity index (χ2v) is 7.94. The van der Waals surface area contributed by atoms with Crippen LogP contribution in [0.2, 0.25) is 5.02 Å². The third-order valence-corrected chi connectivity index (χ3v) is 5.67. The Bertz CT molecular complexity index is 1020. The van der Waals surface area contributed by atoms with Gasteiger partial charge in [0.1, 0.15) is 5.75 Å². The molecule has 0 radical (unpaired) electrons. The topological polar surface area (TPSA) is 87.7 Å². The Labute approximate surface area is 187 Å². The SMILES string of the molecule is COc1ccc(Cl)cc1NC1N=C(N)N=C(N2CCOCC2)N1c1ccc(C)c(C)c1. The minimum absolute atomic E-state index is 0.208. The van der Waals surface area contributed by atoms with E-state index >= 15 is 0 Å². The molecule has 0 bridgehead atoms. The molecule has 3 N–H and O–H groups in total. The van der Waals surface area contributed by atoms with Gasteiger partial charge in [-0.05, 0) is 55.3 Å². The first kappa shape index (κ1) is 21.3. The maximum atomic E-state index is 6.25. The van der Waals surface area contributed by atoms with Crippen molar-refractivity contribution in [1.82, 2.24) is 4.90 Å². The highest BCUT2D eigenvalue weighted by atomic mass is 35.5. The second kappa shape index (κ2) is 9.03. The molecule has 2 aromatic rings. The van der Waals surface area contributed by atoms with Crippen LogP contribution < -0.4 is 20.7 Å². The van der Waals surface area contributed by atoms with E-state index in [0.717, 1.165) is 24.7 Å². The molecule has 1 saturated heterocycles. The average molecular weight is 443 g/mol.